The van der Waals surface area contributed by atoms with Gasteiger partial charge in [0, 0.05) is 12.7 Å². The summed E-state index contributed by atoms with van der Waals surface area (Å²) >= 11 is 12.6. The normalized spacial score (nSPS) is 12.6. The van der Waals surface area contributed by atoms with E-state index in [0.717, 1.165) is 30.9 Å². The highest BCUT2D eigenvalue weighted by atomic mass is 35.5. The summed E-state index contributed by atoms with van der Waals surface area (Å²) in [7, 11) is 0. The molecule has 6 heteroatoms. The van der Waals surface area contributed by atoms with E-state index in [0.29, 0.717) is 10.0 Å². The Kier molecular flexibility index (Phi) is 5.40. The van der Waals surface area contributed by atoms with E-state index in [1.54, 1.807) is 12.4 Å². The number of hydrogen-bond acceptors (Lipinski definition) is 3. The van der Waals surface area contributed by atoms with Crippen molar-refractivity contribution in [3.8, 4) is 0 Å². The molecule has 0 fully saturated rings. The highest BCUT2D eigenvalue weighted by molar-refractivity contribution is 6.32. The maximum Gasteiger partial charge on any atom is 0.0952 e. The predicted molar refractivity (Wildman–Crippen MR) is 82.3 cm³/mol. The standard InChI is InChI=1S/C14H18Cl2N4/c1-3-7-17-13(12-10(15)6-5-8-18-12)14-11(16)9-19-20(14)4-2/h5-6,8-9,13,17H,3-4,7H2,1-2H3. The Morgan fingerprint density at radius 3 is 2.75 bits per heavy atom. The lowest BCUT2D eigenvalue weighted by Gasteiger charge is -2.20. The van der Waals surface area contributed by atoms with Gasteiger partial charge in [-0.2, -0.15) is 5.10 Å². The van der Waals surface area contributed by atoms with Crippen LogP contribution < -0.4 is 5.32 Å². The van der Waals surface area contributed by atoms with Gasteiger partial charge in [-0.3, -0.25) is 9.67 Å². The third-order valence-electron chi connectivity index (χ3n) is 3.07. The summed E-state index contributed by atoms with van der Waals surface area (Å²) in [6.07, 6.45) is 4.42. The van der Waals surface area contributed by atoms with Crippen LogP contribution >= 0.6 is 23.2 Å². The molecular weight excluding hydrogens is 295 g/mol. The zero-order valence-corrected chi connectivity index (χ0v) is 13.1. The molecule has 1 unspecified atom stereocenters. The quantitative estimate of drug-likeness (QED) is 0.884. The first-order chi connectivity index (χ1) is 9.69. The highest BCUT2D eigenvalue weighted by Crippen LogP contribution is 2.30. The van der Waals surface area contributed by atoms with Gasteiger partial charge in [0.2, 0.25) is 0 Å². The first-order valence-corrected chi connectivity index (χ1v) is 7.49. The van der Waals surface area contributed by atoms with Crippen LogP contribution in [0.25, 0.3) is 0 Å². The van der Waals surface area contributed by atoms with E-state index in [1.807, 2.05) is 23.7 Å². The van der Waals surface area contributed by atoms with Crippen LogP contribution in [-0.2, 0) is 6.54 Å². The number of aryl methyl sites for hydroxylation is 1. The highest BCUT2D eigenvalue weighted by Gasteiger charge is 2.24. The van der Waals surface area contributed by atoms with E-state index in [2.05, 4.69) is 22.3 Å². The minimum atomic E-state index is -0.154. The molecule has 0 aromatic carbocycles. The zero-order valence-electron chi connectivity index (χ0n) is 11.6. The number of halogens is 2. The van der Waals surface area contributed by atoms with Crippen molar-refractivity contribution < 1.29 is 0 Å². The van der Waals surface area contributed by atoms with Crippen LogP contribution in [0.2, 0.25) is 10.0 Å². The van der Waals surface area contributed by atoms with Crippen LogP contribution in [0.4, 0.5) is 0 Å². The van der Waals surface area contributed by atoms with Crippen molar-refractivity contribution in [3.63, 3.8) is 0 Å². The molecule has 1 atom stereocenters. The molecule has 2 rings (SSSR count). The van der Waals surface area contributed by atoms with Gasteiger partial charge in [-0.25, -0.2) is 0 Å². The van der Waals surface area contributed by atoms with E-state index in [4.69, 9.17) is 23.2 Å². The number of hydrogen-bond donors (Lipinski definition) is 1. The molecule has 2 aromatic rings. The van der Waals surface area contributed by atoms with Gasteiger partial charge in [-0.1, -0.05) is 30.1 Å². The van der Waals surface area contributed by atoms with Crippen molar-refractivity contribution in [3.05, 3.63) is 46.0 Å². The van der Waals surface area contributed by atoms with Crippen molar-refractivity contribution in [2.75, 3.05) is 6.54 Å². The lowest BCUT2D eigenvalue weighted by Crippen LogP contribution is -2.27. The average Bonchev–Trinajstić information content (AvgIpc) is 2.82. The SMILES string of the molecule is CCCNC(c1ncccc1Cl)c1c(Cl)cnn1CC. The Balaban J connectivity index is 2.47. The lowest BCUT2D eigenvalue weighted by molar-refractivity contribution is 0.522. The number of pyridine rings is 1. The Hall–Kier alpha value is -1.10. The van der Waals surface area contributed by atoms with Gasteiger partial charge in [0.1, 0.15) is 0 Å². The number of aromatic nitrogens is 3. The summed E-state index contributed by atoms with van der Waals surface area (Å²) in [5.74, 6) is 0. The van der Waals surface area contributed by atoms with E-state index in [1.165, 1.54) is 0 Å². The van der Waals surface area contributed by atoms with E-state index in [9.17, 15) is 0 Å². The molecule has 0 amide bonds. The predicted octanol–water partition coefficient (Wildman–Crippen LogP) is 3.69. The summed E-state index contributed by atoms with van der Waals surface area (Å²) in [5.41, 5.74) is 1.68. The molecule has 2 heterocycles. The summed E-state index contributed by atoms with van der Waals surface area (Å²) in [4.78, 5) is 4.41. The molecule has 0 spiro atoms. The van der Waals surface area contributed by atoms with Gasteiger partial charge in [0.15, 0.2) is 0 Å². The van der Waals surface area contributed by atoms with Crippen LogP contribution in [0.1, 0.15) is 37.7 Å². The monoisotopic (exact) mass is 312 g/mol. The molecule has 0 aliphatic carbocycles. The molecule has 108 valence electrons. The smallest absolute Gasteiger partial charge is 0.0952 e. The summed E-state index contributed by atoms with van der Waals surface area (Å²) in [5, 5.41) is 9.00. The second-order valence-electron chi connectivity index (χ2n) is 4.45. The minimum absolute atomic E-state index is 0.154. The molecule has 0 saturated heterocycles. The van der Waals surface area contributed by atoms with Crippen LogP contribution in [0, 0.1) is 0 Å². The first-order valence-electron chi connectivity index (χ1n) is 6.74. The molecule has 0 radical (unpaired) electrons. The molecule has 0 aliphatic heterocycles. The van der Waals surface area contributed by atoms with Crippen LogP contribution in [0.15, 0.2) is 24.5 Å². The van der Waals surface area contributed by atoms with Gasteiger partial charge in [0.25, 0.3) is 0 Å². The van der Waals surface area contributed by atoms with Gasteiger partial charge in [-0.05, 0) is 32.0 Å². The Morgan fingerprint density at radius 2 is 2.10 bits per heavy atom. The maximum atomic E-state index is 6.31. The van der Waals surface area contributed by atoms with E-state index in [-0.39, 0.29) is 6.04 Å². The fourth-order valence-corrected chi connectivity index (χ4v) is 2.61. The zero-order chi connectivity index (χ0) is 14.5. The van der Waals surface area contributed by atoms with Gasteiger partial charge < -0.3 is 5.32 Å². The second-order valence-corrected chi connectivity index (χ2v) is 5.27. The molecule has 0 bridgehead atoms. The Bertz CT molecular complexity index is 568. The minimum Gasteiger partial charge on any atom is -0.304 e. The van der Waals surface area contributed by atoms with Crippen molar-refractivity contribution in [1.82, 2.24) is 20.1 Å². The summed E-state index contributed by atoms with van der Waals surface area (Å²) in [6, 6.07) is 3.51. The van der Waals surface area contributed by atoms with Crippen molar-refractivity contribution in [2.24, 2.45) is 0 Å². The number of nitrogens with one attached hydrogen (secondary N) is 1. The fourth-order valence-electron chi connectivity index (χ4n) is 2.13. The third-order valence-corrected chi connectivity index (χ3v) is 3.68. The van der Waals surface area contributed by atoms with Gasteiger partial charge in [0.05, 0.1) is 33.7 Å². The molecule has 20 heavy (non-hydrogen) atoms. The number of nitrogens with zero attached hydrogens (tertiary/aromatic N) is 3. The first kappa shape index (κ1) is 15.3. The van der Waals surface area contributed by atoms with Gasteiger partial charge in [-0.15, -0.1) is 0 Å². The van der Waals surface area contributed by atoms with Crippen LogP contribution in [-0.4, -0.2) is 21.3 Å². The Labute approximate surface area is 129 Å². The topological polar surface area (TPSA) is 42.7 Å². The van der Waals surface area contributed by atoms with Gasteiger partial charge >= 0.3 is 0 Å². The molecular formula is C14H18Cl2N4. The van der Waals surface area contributed by atoms with E-state index >= 15 is 0 Å². The summed E-state index contributed by atoms with van der Waals surface area (Å²) < 4.78 is 1.88. The number of rotatable bonds is 6. The van der Waals surface area contributed by atoms with Crippen molar-refractivity contribution in [1.29, 1.82) is 0 Å². The second kappa shape index (κ2) is 7.07. The molecule has 1 N–H and O–H groups in total. The van der Waals surface area contributed by atoms with Crippen LogP contribution in [0.3, 0.4) is 0 Å². The third kappa shape index (κ3) is 3.14. The molecule has 0 aliphatic rings. The van der Waals surface area contributed by atoms with Crippen LogP contribution in [0.5, 0.6) is 0 Å². The fraction of sp³-hybridized carbons (Fsp3) is 0.429. The lowest BCUT2D eigenvalue weighted by atomic mass is 10.1. The Morgan fingerprint density at radius 1 is 1.30 bits per heavy atom. The molecule has 0 saturated carbocycles. The molecule has 2 aromatic heterocycles. The largest absolute Gasteiger partial charge is 0.304 e. The van der Waals surface area contributed by atoms with Crippen molar-refractivity contribution >= 4 is 23.2 Å². The molecule has 4 nitrogen and oxygen atoms in total. The maximum absolute atomic E-state index is 6.31. The van der Waals surface area contributed by atoms with E-state index < -0.39 is 0 Å². The van der Waals surface area contributed by atoms with Crippen molar-refractivity contribution in [2.45, 2.75) is 32.9 Å². The summed E-state index contributed by atoms with van der Waals surface area (Å²) in [6.45, 7) is 5.74. The average molecular weight is 313 g/mol.